The van der Waals surface area contributed by atoms with Crippen molar-refractivity contribution in [1.29, 1.82) is 0 Å². The Morgan fingerprint density at radius 3 is 2.44 bits per heavy atom. The first-order chi connectivity index (χ1) is 8.49. The van der Waals surface area contributed by atoms with E-state index in [-0.39, 0.29) is 5.15 Å². The van der Waals surface area contributed by atoms with Gasteiger partial charge in [0, 0.05) is 12.7 Å². The maximum absolute atomic E-state index is 6.14. The number of halogens is 3. The average molecular weight is 302 g/mol. The molecule has 0 saturated heterocycles. The number of hydrogen-bond acceptors (Lipinski definition) is 2. The molecule has 0 radical (unpaired) electrons. The van der Waals surface area contributed by atoms with Crippen LogP contribution in [0.15, 0.2) is 30.3 Å². The molecule has 2 rings (SSSR count). The summed E-state index contributed by atoms with van der Waals surface area (Å²) >= 11 is 17.9. The van der Waals surface area contributed by atoms with Crippen LogP contribution in [0.25, 0.3) is 0 Å². The number of anilines is 2. The molecule has 2 aromatic rings. The van der Waals surface area contributed by atoms with Gasteiger partial charge < -0.3 is 4.90 Å². The minimum absolute atomic E-state index is 0.246. The SMILES string of the molecule is Cc1cccc(N(C)c2nc(Cl)c(Cl)cc2Cl)c1. The monoisotopic (exact) mass is 300 g/mol. The molecule has 0 aliphatic carbocycles. The zero-order valence-electron chi connectivity index (χ0n) is 9.92. The topological polar surface area (TPSA) is 16.1 Å². The van der Waals surface area contributed by atoms with Crippen molar-refractivity contribution >= 4 is 46.3 Å². The summed E-state index contributed by atoms with van der Waals surface area (Å²) in [6.45, 7) is 2.03. The van der Waals surface area contributed by atoms with E-state index < -0.39 is 0 Å². The van der Waals surface area contributed by atoms with Crippen molar-refractivity contribution in [1.82, 2.24) is 4.98 Å². The molecule has 1 aromatic carbocycles. The van der Waals surface area contributed by atoms with Crippen LogP contribution in [0.3, 0.4) is 0 Å². The summed E-state index contributed by atoms with van der Waals surface area (Å²) in [5.74, 6) is 0.580. The molecule has 1 aromatic heterocycles. The van der Waals surface area contributed by atoms with Gasteiger partial charge in [-0.25, -0.2) is 4.98 Å². The molecule has 0 atom stereocenters. The van der Waals surface area contributed by atoms with Crippen molar-refractivity contribution in [2.24, 2.45) is 0 Å². The van der Waals surface area contributed by atoms with E-state index in [2.05, 4.69) is 4.98 Å². The molecule has 0 bridgehead atoms. The van der Waals surface area contributed by atoms with E-state index in [9.17, 15) is 0 Å². The first-order valence-electron chi connectivity index (χ1n) is 5.31. The Morgan fingerprint density at radius 1 is 1.06 bits per heavy atom. The van der Waals surface area contributed by atoms with Gasteiger partial charge >= 0.3 is 0 Å². The van der Waals surface area contributed by atoms with E-state index in [1.54, 1.807) is 6.07 Å². The van der Waals surface area contributed by atoms with Crippen LogP contribution >= 0.6 is 34.8 Å². The highest BCUT2D eigenvalue weighted by Crippen LogP contribution is 2.33. The molecule has 18 heavy (non-hydrogen) atoms. The Labute approximate surface area is 121 Å². The normalized spacial score (nSPS) is 10.5. The molecule has 0 N–H and O–H groups in total. The summed E-state index contributed by atoms with van der Waals surface area (Å²) in [5.41, 5.74) is 2.15. The van der Waals surface area contributed by atoms with Crippen LogP contribution in [0.1, 0.15) is 5.56 Å². The first kappa shape index (κ1) is 13.5. The van der Waals surface area contributed by atoms with Crippen molar-refractivity contribution in [3.8, 4) is 0 Å². The number of hydrogen-bond donors (Lipinski definition) is 0. The van der Waals surface area contributed by atoms with Crippen LogP contribution in [0, 0.1) is 6.92 Å². The highest BCUT2D eigenvalue weighted by Gasteiger charge is 2.13. The fraction of sp³-hybridized carbons (Fsp3) is 0.154. The largest absolute Gasteiger partial charge is 0.328 e. The minimum Gasteiger partial charge on any atom is -0.328 e. The standard InChI is InChI=1S/C13H11Cl3N2/c1-8-4-3-5-9(6-8)18(2)13-11(15)7-10(14)12(16)17-13/h3-7H,1-2H3. The predicted octanol–water partition coefficient (Wildman–Crippen LogP) is 5.12. The number of aryl methyl sites for hydroxylation is 1. The average Bonchev–Trinajstić information content (AvgIpc) is 2.33. The third-order valence-electron chi connectivity index (χ3n) is 2.57. The van der Waals surface area contributed by atoms with Crippen LogP contribution in [0.4, 0.5) is 11.5 Å². The Morgan fingerprint density at radius 2 is 1.78 bits per heavy atom. The van der Waals surface area contributed by atoms with Gasteiger partial charge in [-0.1, -0.05) is 46.9 Å². The highest BCUT2D eigenvalue weighted by atomic mass is 35.5. The summed E-state index contributed by atoms with van der Waals surface area (Å²) in [6, 6.07) is 9.63. The maximum atomic E-state index is 6.14. The van der Waals surface area contributed by atoms with Crippen molar-refractivity contribution in [3.63, 3.8) is 0 Å². The zero-order valence-corrected chi connectivity index (χ0v) is 12.2. The lowest BCUT2D eigenvalue weighted by atomic mass is 10.2. The van der Waals surface area contributed by atoms with E-state index in [4.69, 9.17) is 34.8 Å². The van der Waals surface area contributed by atoms with Gasteiger partial charge in [0.05, 0.1) is 10.0 Å². The van der Waals surface area contributed by atoms with Gasteiger partial charge in [-0.15, -0.1) is 0 Å². The summed E-state index contributed by atoms with van der Waals surface area (Å²) in [6.07, 6.45) is 0. The molecule has 5 heteroatoms. The minimum atomic E-state index is 0.246. The van der Waals surface area contributed by atoms with Crippen molar-refractivity contribution < 1.29 is 0 Å². The van der Waals surface area contributed by atoms with Crippen molar-refractivity contribution in [2.45, 2.75) is 6.92 Å². The van der Waals surface area contributed by atoms with Gasteiger partial charge in [0.1, 0.15) is 5.15 Å². The van der Waals surface area contributed by atoms with Crippen LogP contribution in [0.5, 0.6) is 0 Å². The molecule has 2 nitrogen and oxygen atoms in total. The Hall–Kier alpha value is -0.960. The maximum Gasteiger partial charge on any atom is 0.153 e. The van der Waals surface area contributed by atoms with Crippen LogP contribution in [0.2, 0.25) is 15.2 Å². The molecule has 0 fully saturated rings. The molecular weight excluding hydrogens is 291 g/mol. The third kappa shape index (κ3) is 2.72. The fourth-order valence-corrected chi connectivity index (χ4v) is 2.25. The van der Waals surface area contributed by atoms with Crippen molar-refractivity contribution in [2.75, 3.05) is 11.9 Å². The summed E-state index contributed by atoms with van der Waals surface area (Å²) in [4.78, 5) is 6.08. The highest BCUT2D eigenvalue weighted by molar-refractivity contribution is 6.43. The first-order valence-corrected chi connectivity index (χ1v) is 6.44. The van der Waals surface area contributed by atoms with Gasteiger partial charge in [0.2, 0.25) is 0 Å². The van der Waals surface area contributed by atoms with Crippen LogP contribution in [-0.4, -0.2) is 12.0 Å². The number of rotatable bonds is 2. The molecule has 94 valence electrons. The lowest BCUT2D eigenvalue weighted by molar-refractivity contribution is 1.12. The molecular formula is C13H11Cl3N2. The molecule has 0 spiro atoms. The summed E-state index contributed by atoms with van der Waals surface area (Å²) in [5, 5.41) is 1.06. The van der Waals surface area contributed by atoms with Crippen molar-refractivity contribution in [3.05, 3.63) is 51.1 Å². The number of nitrogens with zero attached hydrogens (tertiary/aromatic N) is 2. The lowest BCUT2D eigenvalue weighted by Crippen LogP contribution is -2.12. The smallest absolute Gasteiger partial charge is 0.153 e. The second kappa shape index (κ2) is 5.35. The molecule has 0 saturated carbocycles. The zero-order chi connectivity index (χ0) is 13.3. The van der Waals surface area contributed by atoms with Gasteiger partial charge in [-0.05, 0) is 30.7 Å². The number of pyridine rings is 1. The predicted molar refractivity (Wildman–Crippen MR) is 78.5 cm³/mol. The summed E-state index contributed by atoms with van der Waals surface area (Å²) < 4.78 is 0. The van der Waals surface area contributed by atoms with E-state index in [0.29, 0.717) is 15.9 Å². The second-order valence-electron chi connectivity index (χ2n) is 3.96. The lowest BCUT2D eigenvalue weighted by Gasteiger charge is -2.20. The Kier molecular flexibility index (Phi) is 4.00. The Balaban J connectivity index is 2.46. The number of aromatic nitrogens is 1. The molecule has 1 heterocycles. The summed E-state index contributed by atoms with van der Waals surface area (Å²) in [7, 11) is 1.88. The fourth-order valence-electron chi connectivity index (χ4n) is 1.63. The molecule has 0 unspecified atom stereocenters. The van der Waals surface area contributed by atoms with E-state index in [1.807, 2.05) is 43.1 Å². The van der Waals surface area contributed by atoms with Gasteiger partial charge in [0.15, 0.2) is 5.82 Å². The molecule has 0 aliphatic rings. The van der Waals surface area contributed by atoms with E-state index >= 15 is 0 Å². The molecule has 0 amide bonds. The Bertz CT molecular complexity index is 584. The molecule has 0 aliphatic heterocycles. The second-order valence-corrected chi connectivity index (χ2v) is 5.14. The van der Waals surface area contributed by atoms with Crippen LogP contribution < -0.4 is 4.90 Å². The third-order valence-corrected chi connectivity index (χ3v) is 3.53. The number of benzene rings is 1. The van der Waals surface area contributed by atoms with E-state index in [1.165, 1.54) is 0 Å². The van der Waals surface area contributed by atoms with Gasteiger partial charge in [-0.3, -0.25) is 0 Å². The quantitative estimate of drug-likeness (QED) is 0.716. The van der Waals surface area contributed by atoms with Crippen LogP contribution in [-0.2, 0) is 0 Å². The van der Waals surface area contributed by atoms with Gasteiger partial charge in [0.25, 0.3) is 0 Å². The van der Waals surface area contributed by atoms with Gasteiger partial charge in [-0.2, -0.15) is 0 Å². The van der Waals surface area contributed by atoms with E-state index in [0.717, 1.165) is 11.3 Å².